The first-order chi connectivity index (χ1) is 15.1. The molecular formula is C26H29ClN2O3. The van der Waals surface area contributed by atoms with E-state index in [1.807, 2.05) is 49.9 Å². The summed E-state index contributed by atoms with van der Waals surface area (Å²) in [5, 5.41) is 10.4. The molecule has 168 valence electrons. The maximum Gasteiger partial charge on any atom is 0.407 e. The van der Waals surface area contributed by atoms with E-state index in [0.717, 1.165) is 17.5 Å². The highest BCUT2D eigenvalue weighted by Crippen LogP contribution is 2.61. The summed E-state index contributed by atoms with van der Waals surface area (Å²) >= 11 is 6.38. The Morgan fingerprint density at radius 2 is 1.72 bits per heavy atom. The van der Waals surface area contributed by atoms with Crippen molar-refractivity contribution in [2.24, 2.45) is 0 Å². The standard InChI is InChI=1S/C26H29ClN2O3/c1-25(2,3)29(24(31)32)17-10-12-28(13-11-17)23(30)26-15-20(18-6-4-5-7-21(18)26)19-9-8-16(27)14-22(19)26/h4-9,14,17,20H,10-13,15H2,1-3H3,(H,31,32)/t20-,26-/m0/s1. The van der Waals surface area contributed by atoms with Gasteiger partial charge in [-0.2, -0.15) is 0 Å². The number of carbonyl (C=O) groups excluding carboxylic acids is 1. The number of piperidine rings is 1. The van der Waals surface area contributed by atoms with Gasteiger partial charge < -0.3 is 14.9 Å². The lowest BCUT2D eigenvalue weighted by Gasteiger charge is -2.45. The van der Waals surface area contributed by atoms with E-state index in [1.54, 1.807) is 4.90 Å². The highest BCUT2D eigenvalue weighted by molar-refractivity contribution is 6.30. The molecule has 1 saturated heterocycles. The van der Waals surface area contributed by atoms with Crippen molar-refractivity contribution in [1.29, 1.82) is 0 Å². The molecule has 0 unspecified atom stereocenters. The minimum Gasteiger partial charge on any atom is -0.465 e. The van der Waals surface area contributed by atoms with Crippen LogP contribution in [0.4, 0.5) is 4.79 Å². The van der Waals surface area contributed by atoms with Crippen LogP contribution in [0.1, 0.15) is 68.2 Å². The predicted octanol–water partition coefficient (Wildman–Crippen LogP) is 5.24. The molecule has 1 heterocycles. The number of amides is 2. The number of carbonyl (C=O) groups is 2. The number of hydrogen-bond donors (Lipinski definition) is 1. The van der Waals surface area contributed by atoms with Gasteiger partial charge in [-0.3, -0.25) is 4.79 Å². The number of fused-ring (bicyclic) bond motifs is 8. The number of benzene rings is 2. The molecule has 5 rings (SSSR count). The van der Waals surface area contributed by atoms with E-state index in [1.165, 1.54) is 11.1 Å². The van der Waals surface area contributed by atoms with Gasteiger partial charge in [-0.15, -0.1) is 0 Å². The highest BCUT2D eigenvalue weighted by atomic mass is 35.5. The van der Waals surface area contributed by atoms with Gasteiger partial charge in [0, 0.05) is 35.6 Å². The Morgan fingerprint density at radius 1 is 1.06 bits per heavy atom. The van der Waals surface area contributed by atoms with Crippen LogP contribution in [0, 0.1) is 0 Å². The lowest BCUT2D eigenvalue weighted by atomic mass is 9.74. The fourth-order valence-corrected chi connectivity index (χ4v) is 6.53. The highest BCUT2D eigenvalue weighted by Gasteiger charge is 2.58. The van der Waals surface area contributed by atoms with Gasteiger partial charge in [0.2, 0.25) is 5.91 Å². The molecule has 1 aliphatic heterocycles. The zero-order valence-corrected chi connectivity index (χ0v) is 19.5. The van der Waals surface area contributed by atoms with Crippen molar-refractivity contribution in [2.45, 2.75) is 62.9 Å². The number of rotatable bonds is 2. The van der Waals surface area contributed by atoms with Crippen LogP contribution in [-0.4, -0.2) is 51.6 Å². The van der Waals surface area contributed by atoms with Crippen LogP contribution in [0.2, 0.25) is 5.02 Å². The predicted molar refractivity (Wildman–Crippen MR) is 124 cm³/mol. The van der Waals surface area contributed by atoms with Gasteiger partial charge >= 0.3 is 6.09 Å². The van der Waals surface area contributed by atoms with E-state index in [4.69, 9.17) is 11.6 Å². The summed E-state index contributed by atoms with van der Waals surface area (Å²) in [4.78, 5) is 29.6. The molecule has 2 amide bonds. The van der Waals surface area contributed by atoms with Crippen molar-refractivity contribution < 1.29 is 14.7 Å². The van der Waals surface area contributed by atoms with E-state index in [-0.39, 0.29) is 17.9 Å². The zero-order valence-electron chi connectivity index (χ0n) is 18.8. The van der Waals surface area contributed by atoms with Crippen molar-refractivity contribution in [3.05, 3.63) is 69.7 Å². The first-order valence-electron chi connectivity index (χ1n) is 11.4. The van der Waals surface area contributed by atoms with Crippen LogP contribution in [0.15, 0.2) is 42.5 Å². The summed E-state index contributed by atoms with van der Waals surface area (Å²) < 4.78 is 0. The van der Waals surface area contributed by atoms with Gasteiger partial charge in [-0.05, 0) is 74.4 Å². The Kier molecular flexibility index (Phi) is 4.82. The van der Waals surface area contributed by atoms with E-state index < -0.39 is 17.0 Å². The van der Waals surface area contributed by atoms with Crippen molar-refractivity contribution >= 4 is 23.6 Å². The molecule has 5 nitrogen and oxygen atoms in total. The second-order valence-corrected chi connectivity index (χ2v) is 10.8. The fourth-order valence-electron chi connectivity index (χ4n) is 6.36. The molecule has 0 spiro atoms. The van der Waals surface area contributed by atoms with Crippen LogP contribution < -0.4 is 0 Å². The lowest BCUT2D eigenvalue weighted by molar-refractivity contribution is -0.137. The Hall–Kier alpha value is -2.53. The van der Waals surface area contributed by atoms with Crippen LogP contribution in [0.25, 0.3) is 0 Å². The van der Waals surface area contributed by atoms with Crippen molar-refractivity contribution in [3.63, 3.8) is 0 Å². The first-order valence-corrected chi connectivity index (χ1v) is 11.7. The molecule has 2 aromatic rings. The van der Waals surface area contributed by atoms with Gasteiger partial charge in [0.25, 0.3) is 0 Å². The third kappa shape index (κ3) is 2.97. The molecule has 1 fully saturated rings. The SMILES string of the molecule is CC(C)(C)N(C(=O)O)C1CCN(C(=O)[C@@]23C[C@@H](c4ccccc42)c2ccc(Cl)cc23)CC1. The molecular weight excluding hydrogens is 424 g/mol. The summed E-state index contributed by atoms with van der Waals surface area (Å²) in [6.45, 7) is 6.90. The molecule has 6 heteroatoms. The molecule has 2 aromatic carbocycles. The van der Waals surface area contributed by atoms with Crippen LogP contribution in [0.5, 0.6) is 0 Å². The summed E-state index contributed by atoms with van der Waals surface area (Å²) in [7, 11) is 0. The Balaban J connectivity index is 1.46. The number of likely N-dealkylation sites (tertiary alicyclic amines) is 1. The molecule has 3 aliphatic rings. The van der Waals surface area contributed by atoms with E-state index in [9.17, 15) is 14.7 Å². The Bertz CT molecular complexity index is 1100. The lowest BCUT2D eigenvalue weighted by Crippen LogP contribution is -2.56. The zero-order chi connectivity index (χ0) is 22.8. The second-order valence-electron chi connectivity index (χ2n) is 10.3. The quantitative estimate of drug-likeness (QED) is 0.677. The maximum absolute atomic E-state index is 14.2. The minimum atomic E-state index is -0.896. The summed E-state index contributed by atoms with van der Waals surface area (Å²) in [5.74, 6) is 0.355. The molecule has 0 radical (unpaired) electrons. The van der Waals surface area contributed by atoms with Gasteiger partial charge in [0.15, 0.2) is 0 Å². The van der Waals surface area contributed by atoms with Gasteiger partial charge in [0.05, 0.1) is 0 Å². The monoisotopic (exact) mass is 452 g/mol. The molecule has 2 aliphatic carbocycles. The third-order valence-electron chi connectivity index (χ3n) is 7.57. The summed E-state index contributed by atoms with van der Waals surface area (Å²) in [5.41, 5.74) is 3.44. The Morgan fingerprint density at radius 3 is 2.38 bits per heavy atom. The van der Waals surface area contributed by atoms with Crippen molar-refractivity contribution in [1.82, 2.24) is 9.80 Å². The van der Waals surface area contributed by atoms with Gasteiger partial charge in [-0.25, -0.2) is 4.79 Å². The molecule has 32 heavy (non-hydrogen) atoms. The summed E-state index contributed by atoms with van der Waals surface area (Å²) in [6, 6.07) is 14.2. The Labute approximate surface area is 194 Å². The van der Waals surface area contributed by atoms with Crippen LogP contribution in [0.3, 0.4) is 0 Å². The fraction of sp³-hybridized carbons (Fsp3) is 0.462. The first kappa shape index (κ1) is 21.3. The molecule has 0 aromatic heterocycles. The van der Waals surface area contributed by atoms with E-state index in [2.05, 4.69) is 18.2 Å². The smallest absolute Gasteiger partial charge is 0.407 e. The molecule has 1 N–H and O–H groups in total. The van der Waals surface area contributed by atoms with E-state index in [0.29, 0.717) is 31.0 Å². The largest absolute Gasteiger partial charge is 0.465 e. The second kappa shape index (κ2) is 7.24. The van der Waals surface area contributed by atoms with Crippen LogP contribution in [-0.2, 0) is 10.2 Å². The van der Waals surface area contributed by atoms with Crippen LogP contribution >= 0.6 is 11.6 Å². The number of hydrogen-bond acceptors (Lipinski definition) is 2. The topological polar surface area (TPSA) is 60.9 Å². The molecule has 0 saturated carbocycles. The average Bonchev–Trinajstić information content (AvgIpc) is 3.26. The molecule has 2 bridgehead atoms. The normalized spacial score (nSPS) is 24.2. The van der Waals surface area contributed by atoms with Gasteiger partial charge in [0.1, 0.15) is 5.41 Å². The number of carboxylic acid groups (broad SMARTS) is 1. The van der Waals surface area contributed by atoms with Gasteiger partial charge in [-0.1, -0.05) is 41.9 Å². The number of halogens is 1. The minimum absolute atomic E-state index is 0.0806. The summed E-state index contributed by atoms with van der Waals surface area (Å²) in [6.07, 6.45) is 1.16. The van der Waals surface area contributed by atoms with Crippen molar-refractivity contribution in [2.75, 3.05) is 13.1 Å². The average molecular weight is 453 g/mol. The third-order valence-corrected chi connectivity index (χ3v) is 7.80. The molecule has 2 atom stereocenters. The maximum atomic E-state index is 14.2. The van der Waals surface area contributed by atoms with Crippen molar-refractivity contribution in [3.8, 4) is 0 Å². The van der Waals surface area contributed by atoms with E-state index >= 15 is 0 Å². The number of nitrogens with zero attached hydrogens (tertiary/aromatic N) is 2.